The Hall–Kier alpha value is -1.30. The van der Waals surface area contributed by atoms with Crippen LogP contribution in [0, 0.1) is 13.8 Å². The van der Waals surface area contributed by atoms with Crippen LogP contribution in [-0.4, -0.2) is 31.4 Å². The molecule has 18 heavy (non-hydrogen) atoms. The van der Waals surface area contributed by atoms with Crippen molar-refractivity contribution < 1.29 is 0 Å². The molecule has 0 heterocycles. The summed E-state index contributed by atoms with van der Waals surface area (Å²) in [6.45, 7) is 4.33. The third-order valence-corrected chi connectivity index (χ3v) is 3.60. The smallest absolute Gasteiger partial charge is 0.0816 e. The van der Waals surface area contributed by atoms with Crippen molar-refractivity contribution in [3.63, 3.8) is 0 Å². The Morgan fingerprint density at radius 3 is 1.00 bits per heavy atom. The van der Waals surface area contributed by atoms with Gasteiger partial charge in [0.05, 0.1) is 0 Å². The van der Waals surface area contributed by atoms with E-state index in [4.69, 9.17) is 0 Å². The molecule has 0 saturated carbocycles. The SMILES string of the molecule is Bc1cc(C)cc(B)c1-c1c(B)cc(C)cc1B. The van der Waals surface area contributed by atoms with Crippen molar-refractivity contribution in [3.8, 4) is 11.1 Å². The van der Waals surface area contributed by atoms with Crippen LogP contribution >= 0.6 is 0 Å². The highest BCUT2D eigenvalue weighted by molar-refractivity contribution is 6.50. The maximum absolute atomic E-state index is 2.28. The molecule has 0 radical (unpaired) electrons. The van der Waals surface area contributed by atoms with Crippen molar-refractivity contribution in [2.45, 2.75) is 13.8 Å². The number of rotatable bonds is 1. The van der Waals surface area contributed by atoms with Crippen molar-refractivity contribution in [2.75, 3.05) is 0 Å². The first-order chi connectivity index (χ1) is 8.40. The van der Waals surface area contributed by atoms with Gasteiger partial charge in [-0.15, -0.1) is 0 Å². The van der Waals surface area contributed by atoms with E-state index in [2.05, 4.69) is 69.5 Å². The van der Waals surface area contributed by atoms with Crippen LogP contribution in [0.3, 0.4) is 0 Å². The quantitative estimate of drug-likeness (QED) is 0.458. The number of benzene rings is 2. The summed E-state index contributed by atoms with van der Waals surface area (Å²) in [5, 5.41) is 0. The summed E-state index contributed by atoms with van der Waals surface area (Å²) in [5.74, 6) is 0. The van der Waals surface area contributed by atoms with E-state index >= 15 is 0 Å². The van der Waals surface area contributed by atoms with Gasteiger partial charge in [0.1, 0.15) is 31.4 Å². The highest BCUT2D eigenvalue weighted by Gasteiger charge is 2.11. The highest BCUT2D eigenvalue weighted by atomic mass is 14.1. The van der Waals surface area contributed by atoms with Gasteiger partial charge in [-0.1, -0.05) is 57.2 Å². The average Bonchev–Trinajstić information content (AvgIpc) is 2.20. The summed E-state index contributed by atoms with van der Waals surface area (Å²) in [6, 6.07) is 9.12. The van der Waals surface area contributed by atoms with Crippen LogP contribution < -0.4 is 21.9 Å². The molecule has 0 aliphatic carbocycles. The Balaban J connectivity index is 2.78. The number of hydrogen-bond donors (Lipinski definition) is 0. The lowest BCUT2D eigenvalue weighted by atomic mass is 9.69. The Morgan fingerprint density at radius 2 is 0.778 bits per heavy atom. The van der Waals surface area contributed by atoms with Gasteiger partial charge >= 0.3 is 0 Å². The van der Waals surface area contributed by atoms with Crippen molar-refractivity contribution in [2.24, 2.45) is 0 Å². The second kappa shape index (κ2) is 4.76. The molecule has 2 aromatic carbocycles. The van der Waals surface area contributed by atoms with E-state index in [0.717, 1.165) is 0 Å². The van der Waals surface area contributed by atoms with Gasteiger partial charge in [0, 0.05) is 0 Å². The number of hydrogen-bond acceptors (Lipinski definition) is 0. The van der Waals surface area contributed by atoms with Gasteiger partial charge in [0.25, 0.3) is 0 Å². The second-order valence-electron chi connectivity index (χ2n) is 5.55. The summed E-state index contributed by atoms with van der Waals surface area (Å²) in [7, 11) is 8.87. The van der Waals surface area contributed by atoms with Crippen molar-refractivity contribution in [1.29, 1.82) is 0 Å². The minimum absolute atomic E-state index is 1.34. The summed E-state index contributed by atoms with van der Waals surface area (Å²) in [5.41, 5.74) is 11.0. The first-order valence-electron chi connectivity index (χ1n) is 6.56. The first kappa shape index (κ1) is 13.1. The lowest BCUT2D eigenvalue weighted by molar-refractivity contribution is 1.50. The van der Waals surface area contributed by atoms with Gasteiger partial charge in [-0.05, 0) is 25.0 Å². The Labute approximate surface area is 114 Å². The molecule has 0 aliphatic rings. The minimum Gasteiger partial charge on any atom is -0.0816 e. The molecule has 86 valence electrons. The summed E-state index contributed by atoms with van der Waals surface area (Å²) >= 11 is 0. The van der Waals surface area contributed by atoms with E-state index in [1.165, 1.54) is 44.1 Å². The first-order valence-corrected chi connectivity index (χ1v) is 6.56. The fourth-order valence-electron chi connectivity index (χ4n) is 3.15. The molecular formula is C14H18B4. The van der Waals surface area contributed by atoms with E-state index in [1.807, 2.05) is 0 Å². The fourth-order valence-corrected chi connectivity index (χ4v) is 3.15. The van der Waals surface area contributed by atoms with Gasteiger partial charge in [-0.2, -0.15) is 0 Å². The molecule has 4 heteroatoms. The van der Waals surface area contributed by atoms with Crippen LogP contribution in [0.5, 0.6) is 0 Å². The van der Waals surface area contributed by atoms with Crippen LogP contribution in [0.2, 0.25) is 0 Å². The lowest BCUT2D eigenvalue weighted by Gasteiger charge is -2.18. The Kier molecular flexibility index (Phi) is 3.47. The summed E-state index contributed by atoms with van der Waals surface area (Å²) in [4.78, 5) is 0. The molecule has 0 aliphatic heterocycles. The van der Waals surface area contributed by atoms with E-state index in [9.17, 15) is 0 Å². The molecular weight excluding hydrogens is 211 g/mol. The van der Waals surface area contributed by atoms with Crippen LogP contribution in [0.15, 0.2) is 24.3 Å². The third kappa shape index (κ3) is 2.29. The lowest BCUT2D eigenvalue weighted by Crippen LogP contribution is -2.29. The number of aryl methyl sites for hydroxylation is 2. The van der Waals surface area contributed by atoms with Gasteiger partial charge < -0.3 is 0 Å². The fraction of sp³-hybridized carbons (Fsp3) is 0.143. The molecule has 2 aromatic rings. The average molecular weight is 230 g/mol. The van der Waals surface area contributed by atoms with Crippen molar-refractivity contribution in [1.82, 2.24) is 0 Å². The molecule has 0 bridgehead atoms. The van der Waals surface area contributed by atoms with E-state index in [-0.39, 0.29) is 0 Å². The topological polar surface area (TPSA) is 0 Å². The highest BCUT2D eigenvalue weighted by Crippen LogP contribution is 2.11. The predicted molar refractivity (Wildman–Crippen MR) is 94.1 cm³/mol. The van der Waals surface area contributed by atoms with Crippen LogP contribution in [0.1, 0.15) is 11.1 Å². The predicted octanol–water partition coefficient (Wildman–Crippen LogP) is -3.00. The van der Waals surface area contributed by atoms with E-state index in [1.54, 1.807) is 0 Å². The summed E-state index contributed by atoms with van der Waals surface area (Å²) < 4.78 is 0. The normalized spacial score (nSPS) is 10.6. The minimum atomic E-state index is 1.34. The second-order valence-corrected chi connectivity index (χ2v) is 5.55. The Bertz CT molecular complexity index is 516. The molecule has 0 amide bonds. The van der Waals surface area contributed by atoms with Crippen LogP contribution in [0.25, 0.3) is 11.1 Å². The Morgan fingerprint density at radius 1 is 0.556 bits per heavy atom. The molecule has 0 unspecified atom stereocenters. The molecule has 0 fully saturated rings. The van der Waals surface area contributed by atoms with E-state index < -0.39 is 0 Å². The zero-order valence-electron chi connectivity index (χ0n) is 12.3. The van der Waals surface area contributed by atoms with Gasteiger partial charge in [-0.3, -0.25) is 0 Å². The van der Waals surface area contributed by atoms with E-state index in [0.29, 0.717) is 0 Å². The molecule has 0 saturated heterocycles. The monoisotopic (exact) mass is 230 g/mol. The summed E-state index contributed by atoms with van der Waals surface area (Å²) in [6.07, 6.45) is 0. The molecule has 0 aromatic heterocycles. The zero-order valence-corrected chi connectivity index (χ0v) is 12.3. The molecule has 0 atom stereocenters. The maximum atomic E-state index is 2.28. The largest absolute Gasteiger partial charge is 0.140 e. The maximum Gasteiger partial charge on any atom is 0.140 e. The van der Waals surface area contributed by atoms with Crippen LogP contribution in [0.4, 0.5) is 0 Å². The standard InChI is InChI=1S/C14H18B4/c1-7-3-9(15)13(10(16)4-7)14-11(17)5-8(2)6-12(14)18/h3-6H,15-18H2,1-2H3. The van der Waals surface area contributed by atoms with Gasteiger partial charge in [0.2, 0.25) is 0 Å². The molecule has 0 spiro atoms. The van der Waals surface area contributed by atoms with Gasteiger partial charge in [-0.25, -0.2) is 0 Å². The van der Waals surface area contributed by atoms with Gasteiger partial charge in [0.15, 0.2) is 0 Å². The molecule has 2 rings (SSSR count). The third-order valence-electron chi connectivity index (χ3n) is 3.60. The van der Waals surface area contributed by atoms with Crippen LogP contribution in [-0.2, 0) is 0 Å². The molecule has 0 N–H and O–H groups in total. The van der Waals surface area contributed by atoms with Crippen molar-refractivity contribution in [3.05, 3.63) is 35.4 Å². The zero-order chi connectivity index (χ0) is 13.4. The molecule has 0 nitrogen and oxygen atoms in total. The van der Waals surface area contributed by atoms with Crippen molar-refractivity contribution >= 4 is 53.2 Å².